The topological polar surface area (TPSA) is 171 Å². The van der Waals surface area contributed by atoms with Gasteiger partial charge in [0, 0.05) is 42.3 Å². The molecule has 0 unspecified atom stereocenters. The maximum Gasteiger partial charge on any atom is 0.324 e. The lowest BCUT2D eigenvalue weighted by Gasteiger charge is -2.23. The standard InChI is InChI=1S/C29H26N6O5S/c1-34-16-23(29(38)33-15-18-7-9-20(10-8-18)28(30)31)22-12-11-21(14-24(22)34)35(17-26(36)37)41(39,40)25-6-2-4-19-5-3-13-32-27(19)25/h2-14,16H,15,17H2,1H3,(H3,30,31)(H,33,38)(H,36,37). The van der Waals surface area contributed by atoms with E-state index in [-0.39, 0.29) is 34.4 Å². The molecule has 0 bridgehead atoms. The summed E-state index contributed by atoms with van der Waals surface area (Å²) in [6, 6.07) is 19.7. The number of amidine groups is 1. The molecular formula is C29H26N6O5S. The van der Waals surface area contributed by atoms with Crippen LogP contribution >= 0.6 is 0 Å². The zero-order valence-corrected chi connectivity index (χ0v) is 22.7. The number of pyridine rings is 1. The van der Waals surface area contributed by atoms with Crippen molar-refractivity contribution in [3.8, 4) is 0 Å². The largest absolute Gasteiger partial charge is 0.480 e. The average Bonchev–Trinajstić information content (AvgIpc) is 3.30. The molecule has 0 saturated heterocycles. The fraction of sp³-hybridized carbons (Fsp3) is 0.103. The van der Waals surface area contributed by atoms with E-state index >= 15 is 0 Å². The van der Waals surface area contributed by atoms with Crippen molar-refractivity contribution in [3.05, 3.63) is 102 Å². The Kier molecular flexibility index (Phi) is 7.16. The predicted octanol–water partition coefficient (Wildman–Crippen LogP) is 3.22. The van der Waals surface area contributed by atoms with Crippen LogP contribution in [0.25, 0.3) is 21.8 Å². The van der Waals surface area contributed by atoms with Crippen LogP contribution in [0.2, 0.25) is 0 Å². The Bertz CT molecular complexity index is 1930. The molecule has 0 radical (unpaired) electrons. The highest BCUT2D eigenvalue weighted by atomic mass is 32.2. The van der Waals surface area contributed by atoms with Crippen molar-refractivity contribution in [1.29, 1.82) is 5.41 Å². The number of amides is 1. The van der Waals surface area contributed by atoms with E-state index in [4.69, 9.17) is 11.1 Å². The number of fused-ring (bicyclic) bond motifs is 2. The number of carbonyl (C=O) groups is 2. The van der Waals surface area contributed by atoms with Gasteiger partial charge in [0.1, 0.15) is 17.3 Å². The third kappa shape index (κ3) is 5.32. The van der Waals surface area contributed by atoms with E-state index in [1.807, 2.05) is 0 Å². The summed E-state index contributed by atoms with van der Waals surface area (Å²) in [4.78, 5) is 29.0. The number of nitrogen functional groups attached to an aromatic ring is 1. The SMILES string of the molecule is Cn1cc(C(=O)NCc2ccc(C(=N)N)cc2)c2ccc(N(CC(=O)O)S(=O)(=O)c3cccc4cccnc34)cc21. The normalized spacial score (nSPS) is 11.4. The Balaban J connectivity index is 1.48. The van der Waals surface area contributed by atoms with Crippen molar-refractivity contribution in [2.24, 2.45) is 12.8 Å². The Morgan fingerprint density at radius 1 is 1.07 bits per heavy atom. The molecule has 5 aromatic rings. The van der Waals surface area contributed by atoms with Crippen LogP contribution in [-0.4, -0.2) is 47.3 Å². The molecular weight excluding hydrogens is 544 g/mol. The molecule has 41 heavy (non-hydrogen) atoms. The molecule has 0 aliphatic carbocycles. The summed E-state index contributed by atoms with van der Waals surface area (Å²) >= 11 is 0. The van der Waals surface area contributed by atoms with Crippen molar-refractivity contribution < 1.29 is 23.1 Å². The lowest BCUT2D eigenvalue weighted by Crippen LogP contribution is -2.36. The number of hydrogen-bond acceptors (Lipinski definition) is 6. The molecule has 5 N–H and O–H groups in total. The first-order valence-corrected chi connectivity index (χ1v) is 13.9. The number of carbonyl (C=O) groups excluding carboxylic acids is 1. The van der Waals surface area contributed by atoms with Gasteiger partial charge in [-0.15, -0.1) is 0 Å². The summed E-state index contributed by atoms with van der Waals surface area (Å²) in [5.41, 5.74) is 8.18. The number of nitrogens with zero attached hydrogens (tertiary/aromatic N) is 3. The van der Waals surface area contributed by atoms with Gasteiger partial charge >= 0.3 is 5.97 Å². The molecule has 11 nitrogen and oxygen atoms in total. The Morgan fingerprint density at radius 2 is 1.80 bits per heavy atom. The van der Waals surface area contributed by atoms with Crippen molar-refractivity contribution >= 4 is 55.2 Å². The van der Waals surface area contributed by atoms with Crippen molar-refractivity contribution in [2.75, 3.05) is 10.8 Å². The Morgan fingerprint density at radius 3 is 2.51 bits per heavy atom. The number of anilines is 1. The molecule has 0 aliphatic heterocycles. The van der Waals surface area contributed by atoms with Gasteiger partial charge in [0.05, 0.1) is 22.3 Å². The van der Waals surface area contributed by atoms with E-state index in [1.54, 1.807) is 78.5 Å². The highest BCUT2D eigenvalue weighted by molar-refractivity contribution is 7.93. The molecule has 2 heterocycles. The summed E-state index contributed by atoms with van der Waals surface area (Å²) in [7, 11) is -2.62. The molecule has 1 amide bonds. The first-order chi connectivity index (χ1) is 19.6. The van der Waals surface area contributed by atoms with Gasteiger partial charge in [-0.25, -0.2) is 8.42 Å². The number of aryl methyl sites for hydroxylation is 1. The van der Waals surface area contributed by atoms with E-state index < -0.39 is 22.5 Å². The number of sulfonamides is 1. The third-order valence-corrected chi connectivity index (χ3v) is 8.47. The number of aliphatic carboxylic acids is 1. The van der Waals surface area contributed by atoms with Gasteiger partial charge in [0.2, 0.25) is 0 Å². The van der Waals surface area contributed by atoms with Crippen LogP contribution in [0, 0.1) is 5.41 Å². The van der Waals surface area contributed by atoms with Gasteiger partial charge < -0.3 is 20.7 Å². The molecule has 12 heteroatoms. The minimum absolute atomic E-state index is 0.0424. The summed E-state index contributed by atoms with van der Waals surface area (Å²) < 4.78 is 30.2. The quantitative estimate of drug-likeness (QED) is 0.156. The van der Waals surface area contributed by atoms with E-state index in [1.165, 1.54) is 18.3 Å². The zero-order valence-electron chi connectivity index (χ0n) is 21.9. The molecule has 5 rings (SSSR count). The molecule has 3 aromatic carbocycles. The number of hydrogen-bond donors (Lipinski definition) is 4. The van der Waals surface area contributed by atoms with Gasteiger partial charge in [0.25, 0.3) is 15.9 Å². The maximum atomic E-state index is 13.8. The number of benzene rings is 3. The second kappa shape index (κ2) is 10.7. The first kappa shape index (κ1) is 27.3. The Labute approximate surface area is 235 Å². The minimum atomic E-state index is -4.33. The lowest BCUT2D eigenvalue weighted by atomic mass is 10.1. The number of aromatic nitrogens is 2. The number of nitrogens with one attached hydrogen (secondary N) is 2. The van der Waals surface area contributed by atoms with Crippen LogP contribution in [0.3, 0.4) is 0 Å². The van der Waals surface area contributed by atoms with Gasteiger partial charge in [-0.2, -0.15) is 0 Å². The highest BCUT2D eigenvalue weighted by Gasteiger charge is 2.30. The minimum Gasteiger partial charge on any atom is -0.480 e. The molecule has 2 aromatic heterocycles. The van der Waals surface area contributed by atoms with Gasteiger partial charge in [0.15, 0.2) is 0 Å². The second-order valence-corrected chi connectivity index (χ2v) is 11.2. The third-order valence-electron chi connectivity index (χ3n) is 6.67. The molecule has 0 saturated carbocycles. The summed E-state index contributed by atoms with van der Waals surface area (Å²) in [6.45, 7) is -0.563. The van der Waals surface area contributed by atoms with Gasteiger partial charge in [-0.3, -0.25) is 24.3 Å². The highest BCUT2D eigenvalue weighted by Crippen LogP contribution is 2.31. The number of nitrogens with two attached hydrogens (primary N) is 1. The van der Waals surface area contributed by atoms with Crippen LogP contribution in [0.1, 0.15) is 21.5 Å². The van der Waals surface area contributed by atoms with E-state index in [2.05, 4.69) is 10.3 Å². The molecule has 0 aliphatic rings. The molecule has 0 atom stereocenters. The molecule has 0 spiro atoms. The van der Waals surface area contributed by atoms with Gasteiger partial charge in [-0.05, 0) is 35.9 Å². The summed E-state index contributed by atoms with van der Waals surface area (Å²) in [5, 5.41) is 21.1. The smallest absolute Gasteiger partial charge is 0.324 e. The lowest BCUT2D eigenvalue weighted by molar-refractivity contribution is -0.135. The van der Waals surface area contributed by atoms with Crippen molar-refractivity contribution in [1.82, 2.24) is 14.9 Å². The molecule has 0 fully saturated rings. The molecule has 208 valence electrons. The first-order valence-electron chi connectivity index (χ1n) is 12.4. The fourth-order valence-corrected chi connectivity index (χ4v) is 6.20. The monoisotopic (exact) mass is 570 g/mol. The number of rotatable bonds is 9. The van der Waals surface area contributed by atoms with Crippen LogP contribution in [0.15, 0.2) is 90.1 Å². The second-order valence-electron chi connectivity index (χ2n) is 9.39. The van der Waals surface area contributed by atoms with Crippen LogP contribution in [0.5, 0.6) is 0 Å². The fourth-order valence-electron chi connectivity index (χ4n) is 4.63. The van der Waals surface area contributed by atoms with Crippen LogP contribution in [-0.2, 0) is 28.4 Å². The maximum absolute atomic E-state index is 13.8. The van der Waals surface area contributed by atoms with Crippen LogP contribution < -0.4 is 15.4 Å². The van der Waals surface area contributed by atoms with Crippen molar-refractivity contribution in [2.45, 2.75) is 11.4 Å². The van der Waals surface area contributed by atoms with E-state index in [0.29, 0.717) is 27.4 Å². The number of para-hydroxylation sites is 1. The van der Waals surface area contributed by atoms with Gasteiger partial charge in [-0.1, -0.05) is 42.5 Å². The number of carboxylic acid groups (broad SMARTS) is 1. The zero-order chi connectivity index (χ0) is 29.3. The van der Waals surface area contributed by atoms with Crippen molar-refractivity contribution in [3.63, 3.8) is 0 Å². The van der Waals surface area contributed by atoms with E-state index in [0.717, 1.165) is 9.87 Å². The average molecular weight is 571 g/mol. The van der Waals surface area contributed by atoms with E-state index in [9.17, 15) is 23.1 Å². The summed E-state index contributed by atoms with van der Waals surface area (Å²) in [5.74, 6) is -1.71. The summed E-state index contributed by atoms with van der Waals surface area (Å²) in [6.07, 6.45) is 3.11. The van der Waals surface area contributed by atoms with Crippen LogP contribution in [0.4, 0.5) is 5.69 Å². The predicted molar refractivity (Wildman–Crippen MR) is 155 cm³/mol. The Hall–Kier alpha value is -5.23. The number of carboxylic acids is 1.